The molecule has 0 aromatic carbocycles. The molecule has 2 saturated heterocycles. The highest BCUT2D eigenvalue weighted by molar-refractivity contribution is 5.68. The van der Waals surface area contributed by atoms with E-state index in [-0.39, 0.29) is 17.7 Å². The summed E-state index contributed by atoms with van der Waals surface area (Å²) in [4.78, 5) is 13.7. The van der Waals surface area contributed by atoms with Gasteiger partial charge in [0.1, 0.15) is 5.60 Å². The second-order valence-corrected chi connectivity index (χ2v) is 6.43. The Balaban J connectivity index is 1.85. The summed E-state index contributed by atoms with van der Waals surface area (Å²) in [6.45, 7) is 7.69. The highest BCUT2D eigenvalue weighted by atomic mass is 16.6. The first-order valence-electron chi connectivity index (χ1n) is 6.67. The lowest BCUT2D eigenvalue weighted by Crippen LogP contribution is -2.48. The summed E-state index contributed by atoms with van der Waals surface area (Å²) in [6.07, 6.45) is 2.41. The van der Waals surface area contributed by atoms with Crippen molar-refractivity contribution in [2.45, 2.75) is 57.3 Å². The molecule has 2 N–H and O–H groups in total. The minimum Gasteiger partial charge on any atom is -0.444 e. The Morgan fingerprint density at radius 3 is 2.44 bits per heavy atom. The van der Waals surface area contributed by atoms with E-state index >= 15 is 0 Å². The predicted octanol–water partition coefficient (Wildman–Crippen LogP) is 1.50. The maximum absolute atomic E-state index is 11.9. The smallest absolute Gasteiger partial charge is 0.410 e. The van der Waals surface area contributed by atoms with Gasteiger partial charge in [-0.25, -0.2) is 4.79 Å². The number of ether oxygens (including phenoxy) is 2. The summed E-state index contributed by atoms with van der Waals surface area (Å²) in [7, 11) is 0. The number of likely N-dealkylation sites (tertiary alicyclic amines) is 1. The molecule has 0 saturated carbocycles. The van der Waals surface area contributed by atoms with Gasteiger partial charge in [0, 0.05) is 19.1 Å². The van der Waals surface area contributed by atoms with Gasteiger partial charge in [-0.05, 0) is 40.0 Å². The Labute approximate surface area is 109 Å². The first-order chi connectivity index (χ1) is 8.30. The minimum absolute atomic E-state index is 0.0854. The molecule has 2 rings (SSSR count). The molecule has 0 radical (unpaired) electrons. The van der Waals surface area contributed by atoms with Crippen molar-refractivity contribution in [3.8, 4) is 0 Å². The lowest BCUT2D eigenvalue weighted by Gasteiger charge is -2.38. The topological polar surface area (TPSA) is 64.8 Å². The largest absolute Gasteiger partial charge is 0.444 e. The summed E-state index contributed by atoms with van der Waals surface area (Å²) in [5.74, 6) is 0. The van der Waals surface area contributed by atoms with Crippen molar-refractivity contribution in [1.82, 2.24) is 4.90 Å². The summed E-state index contributed by atoms with van der Waals surface area (Å²) in [6, 6.07) is 0.151. The van der Waals surface area contributed by atoms with Gasteiger partial charge in [-0.2, -0.15) is 0 Å². The number of carbonyl (C=O) groups excluding carboxylic acids is 1. The van der Waals surface area contributed by atoms with Crippen molar-refractivity contribution in [3.05, 3.63) is 0 Å². The molecular formula is C13H24N2O3. The molecule has 104 valence electrons. The van der Waals surface area contributed by atoms with Gasteiger partial charge in [-0.1, -0.05) is 0 Å². The van der Waals surface area contributed by atoms with Crippen molar-refractivity contribution in [3.63, 3.8) is 0 Å². The molecule has 2 aliphatic heterocycles. The van der Waals surface area contributed by atoms with Crippen molar-refractivity contribution in [2.24, 2.45) is 5.73 Å². The fraction of sp³-hybridized carbons (Fsp3) is 0.923. The van der Waals surface area contributed by atoms with E-state index in [1.165, 1.54) is 0 Å². The van der Waals surface area contributed by atoms with Crippen LogP contribution in [0.1, 0.15) is 40.0 Å². The molecule has 1 atom stereocenters. The van der Waals surface area contributed by atoms with E-state index in [1.54, 1.807) is 4.90 Å². The molecule has 2 aliphatic rings. The predicted molar refractivity (Wildman–Crippen MR) is 68.3 cm³/mol. The van der Waals surface area contributed by atoms with Crippen LogP contribution in [0, 0.1) is 0 Å². The van der Waals surface area contributed by atoms with Crippen LogP contribution in [0.2, 0.25) is 0 Å². The number of carbonyl (C=O) groups is 1. The average molecular weight is 256 g/mol. The lowest BCUT2D eigenvalue weighted by atomic mass is 9.88. The molecule has 2 heterocycles. The molecule has 1 spiro atoms. The van der Waals surface area contributed by atoms with Crippen LogP contribution < -0.4 is 5.73 Å². The van der Waals surface area contributed by atoms with E-state index in [0.717, 1.165) is 19.3 Å². The Kier molecular flexibility index (Phi) is 3.56. The standard InChI is InChI=1S/C13H24N2O3/c1-12(2,3)18-11(16)15-6-4-13(5-7-15)8-10(14)9-17-13/h10H,4-9,14H2,1-3H3/t10-/m0/s1. The third kappa shape index (κ3) is 3.14. The molecule has 18 heavy (non-hydrogen) atoms. The summed E-state index contributed by atoms with van der Waals surface area (Å²) in [5, 5.41) is 0. The fourth-order valence-corrected chi connectivity index (χ4v) is 2.65. The third-order valence-electron chi connectivity index (χ3n) is 3.56. The fourth-order valence-electron chi connectivity index (χ4n) is 2.65. The van der Waals surface area contributed by atoms with E-state index in [1.807, 2.05) is 20.8 Å². The van der Waals surface area contributed by atoms with Crippen LogP contribution in [-0.2, 0) is 9.47 Å². The molecule has 5 heteroatoms. The number of rotatable bonds is 0. The molecule has 2 fully saturated rings. The van der Waals surface area contributed by atoms with Gasteiger partial charge in [0.2, 0.25) is 0 Å². The number of piperidine rings is 1. The molecule has 1 amide bonds. The van der Waals surface area contributed by atoms with Gasteiger partial charge < -0.3 is 20.1 Å². The van der Waals surface area contributed by atoms with Crippen LogP contribution in [0.3, 0.4) is 0 Å². The molecule has 0 bridgehead atoms. The summed E-state index contributed by atoms with van der Waals surface area (Å²) < 4.78 is 11.2. The quantitative estimate of drug-likeness (QED) is 0.713. The monoisotopic (exact) mass is 256 g/mol. The Morgan fingerprint density at radius 2 is 2.00 bits per heavy atom. The summed E-state index contributed by atoms with van der Waals surface area (Å²) >= 11 is 0. The van der Waals surface area contributed by atoms with Crippen LogP contribution in [0.5, 0.6) is 0 Å². The minimum atomic E-state index is -0.432. The van der Waals surface area contributed by atoms with Crippen LogP contribution in [0.4, 0.5) is 4.79 Å². The van der Waals surface area contributed by atoms with Crippen LogP contribution in [0.15, 0.2) is 0 Å². The first kappa shape index (κ1) is 13.6. The normalized spacial score (nSPS) is 27.6. The molecule has 5 nitrogen and oxygen atoms in total. The van der Waals surface area contributed by atoms with Gasteiger partial charge in [-0.15, -0.1) is 0 Å². The average Bonchev–Trinajstić information content (AvgIpc) is 2.58. The second-order valence-electron chi connectivity index (χ2n) is 6.43. The number of hydrogen-bond donors (Lipinski definition) is 1. The van der Waals surface area contributed by atoms with Crippen molar-refractivity contribution in [2.75, 3.05) is 19.7 Å². The van der Waals surface area contributed by atoms with Crippen molar-refractivity contribution >= 4 is 6.09 Å². The van der Waals surface area contributed by atoms with Gasteiger partial charge in [0.05, 0.1) is 12.2 Å². The third-order valence-corrected chi connectivity index (χ3v) is 3.56. The number of amides is 1. The molecule has 0 unspecified atom stereocenters. The molecule has 0 aromatic rings. The Bertz CT molecular complexity index is 317. The van der Waals surface area contributed by atoms with E-state index in [2.05, 4.69) is 0 Å². The SMILES string of the molecule is CC(C)(C)OC(=O)N1CCC2(CC1)C[C@H](N)CO2. The zero-order chi connectivity index (χ0) is 13.4. The van der Waals surface area contributed by atoms with Crippen molar-refractivity contribution in [1.29, 1.82) is 0 Å². The van der Waals surface area contributed by atoms with Crippen molar-refractivity contribution < 1.29 is 14.3 Å². The van der Waals surface area contributed by atoms with Crippen LogP contribution in [0.25, 0.3) is 0 Å². The highest BCUT2D eigenvalue weighted by Gasteiger charge is 2.42. The molecule has 0 aromatic heterocycles. The van der Waals surface area contributed by atoms with E-state index < -0.39 is 5.60 Å². The second kappa shape index (κ2) is 4.70. The zero-order valence-electron chi connectivity index (χ0n) is 11.6. The van der Waals surface area contributed by atoms with E-state index in [9.17, 15) is 4.79 Å². The first-order valence-corrected chi connectivity index (χ1v) is 6.67. The zero-order valence-corrected chi connectivity index (χ0v) is 11.6. The highest BCUT2D eigenvalue weighted by Crippen LogP contribution is 2.35. The molecule has 0 aliphatic carbocycles. The number of nitrogens with zero attached hydrogens (tertiary/aromatic N) is 1. The Morgan fingerprint density at radius 1 is 1.39 bits per heavy atom. The maximum atomic E-state index is 11.9. The summed E-state index contributed by atoms with van der Waals surface area (Å²) in [5.41, 5.74) is 5.37. The Hall–Kier alpha value is -0.810. The lowest BCUT2D eigenvalue weighted by molar-refractivity contribution is -0.0485. The van der Waals surface area contributed by atoms with Crippen LogP contribution in [-0.4, -0.2) is 47.9 Å². The number of hydrogen-bond acceptors (Lipinski definition) is 4. The maximum Gasteiger partial charge on any atom is 0.410 e. The van der Waals surface area contributed by atoms with E-state index in [4.69, 9.17) is 15.2 Å². The van der Waals surface area contributed by atoms with E-state index in [0.29, 0.717) is 19.7 Å². The van der Waals surface area contributed by atoms with Gasteiger partial charge >= 0.3 is 6.09 Å². The van der Waals surface area contributed by atoms with Gasteiger partial charge in [0.25, 0.3) is 0 Å². The van der Waals surface area contributed by atoms with Gasteiger partial charge in [-0.3, -0.25) is 0 Å². The number of nitrogens with two attached hydrogens (primary N) is 1. The van der Waals surface area contributed by atoms with Gasteiger partial charge in [0.15, 0.2) is 0 Å². The molecular weight excluding hydrogens is 232 g/mol. The van der Waals surface area contributed by atoms with Crippen LogP contribution >= 0.6 is 0 Å².